The van der Waals surface area contributed by atoms with E-state index in [4.69, 9.17) is 0 Å². The minimum Gasteiger partial charge on any atom is -0.358 e. The van der Waals surface area contributed by atoms with E-state index >= 15 is 0 Å². The largest absolute Gasteiger partial charge is 0.358 e. The van der Waals surface area contributed by atoms with E-state index in [2.05, 4.69) is 44.3 Å². The van der Waals surface area contributed by atoms with Crippen molar-refractivity contribution in [3.05, 3.63) is 58.7 Å². The quantitative estimate of drug-likeness (QED) is 0.295. The Labute approximate surface area is 216 Å². The van der Waals surface area contributed by atoms with Crippen molar-refractivity contribution < 1.29 is 9.59 Å². The monoisotopic (exact) mass is 504 g/mol. The molecule has 0 saturated heterocycles. The zero-order chi connectivity index (χ0) is 25.8. The number of aryl methyl sites for hydroxylation is 1. The molecule has 3 heterocycles. The third-order valence-electron chi connectivity index (χ3n) is 6.54. The maximum atomic E-state index is 12.9. The predicted molar refractivity (Wildman–Crippen MR) is 146 cm³/mol. The van der Waals surface area contributed by atoms with E-state index in [0.29, 0.717) is 17.7 Å². The SMILES string of the molecule is CCN(CC)CCNC(=O)c1c(C)[nH]c(/C=C2\C(=O)Nc3ccc(-c4cnc(SC)cn4)cc32)c1C. The number of aromatic amines is 1. The van der Waals surface area contributed by atoms with Crippen molar-refractivity contribution >= 4 is 40.9 Å². The maximum absolute atomic E-state index is 12.9. The van der Waals surface area contributed by atoms with Crippen LogP contribution < -0.4 is 10.6 Å². The van der Waals surface area contributed by atoms with E-state index in [1.54, 1.807) is 12.4 Å². The fraction of sp³-hybridized carbons (Fsp3) is 0.333. The van der Waals surface area contributed by atoms with Crippen LogP contribution in [0.15, 0.2) is 35.6 Å². The van der Waals surface area contributed by atoms with Crippen molar-refractivity contribution in [2.45, 2.75) is 32.7 Å². The fourth-order valence-corrected chi connectivity index (χ4v) is 4.74. The summed E-state index contributed by atoms with van der Waals surface area (Å²) >= 11 is 1.54. The molecule has 36 heavy (non-hydrogen) atoms. The van der Waals surface area contributed by atoms with Crippen LogP contribution >= 0.6 is 11.8 Å². The van der Waals surface area contributed by atoms with Gasteiger partial charge in [-0.1, -0.05) is 19.9 Å². The number of benzene rings is 1. The molecule has 0 radical (unpaired) electrons. The molecule has 1 aliphatic rings. The summed E-state index contributed by atoms with van der Waals surface area (Å²) < 4.78 is 0. The van der Waals surface area contributed by atoms with Crippen molar-refractivity contribution in [2.75, 3.05) is 37.8 Å². The Morgan fingerprint density at radius 2 is 1.94 bits per heavy atom. The van der Waals surface area contributed by atoms with Gasteiger partial charge in [-0.3, -0.25) is 14.6 Å². The number of amides is 2. The number of hydrogen-bond donors (Lipinski definition) is 3. The molecule has 2 amide bonds. The zero-order valence-corrected chi connectivity index (χ0v) is 22.2. The number of nitrogens with one attached hydrogen (secondary N) is 3. The second kappa shape index (κ2) is 11.1. The third-order valence-corrected chi connectivity index (χ3v) is 7.16. The van der Waals surface area contributed by atoms with Crippen molar-refractivity contribution in [1.82, 2.24) is 25.2 Å². The molecule has 0 fully saturated rings. The summed E-state index contributed by atoms with van der Waals surface area (Å²) in [6, 6.07) is 5.76. The first-order valence-electron chi connectivity index (χ1n) is 12.1. The summed E-state index contributed by atoms with van der Waals surface area (Å²) in [5, 5.41) is 6.81. The van der Waals surface area contributed by atoms with Gasteiger partial charge in [-0.05, 0) is 57.0 Å². The molecule has 8 nitrogen and oxygen atoms in total. The summed E-state index contributed by atoms with van der Waals surface area (Å²) in [6.07, 6.45) is 7.26. The number of aromatic nitrogens is 3. The van der Waals surface area contributed by atoms with E-state index < -0.39 is 0 Å². The minimum absolute atomic E-state index is 0.108. The van der Waals surface area contributed by atoms with Crippen LogP contribution in [0, 0.1) is 13.8 Å². The van der Waals surface area contributed by atoms with Crippen LogP contribution in [0.3, 0.4) is 0 Å². The Bertz CT molecular complexity index is 1310. The number of fused-ring (bicyclic) bond motifs is 1. The van der Waals surface area contributed by atoms with Crippen LogP contribution in [0.25, 0.3) is 22.9 Å². The molecular formula is C27H32N6O2S. The first-order valence-corrected chi connectivity index (χ1v) is 13.3. The molecule has 9 heteroatoms. The van der Waals surface area contributed by atoms with Gasteiger partial charge >= 0.3 is 0 Å². The topological polar surface area (TPSA) is 103 Å². The molecule has 1 aromatic carbocycles. The summed E-state index contributed by atoms with van der Waals surface area (Å²) in [5.74, 6) is -0.285. The highest BCUT2D eigenvalue weighted by Crippen LogP contribution is 2.36. The lowest BCUT2D eigenvalue weighted by Gasteiger charge is -2.18. The number of thioether (sulfide) groups is 1. The molecule has 0 unspecified atom stereocenters. The van der Waals surface area contributed by atoms with E-state index in [1.165, 1.54) is 11.8 Å². The summed E-state index contributed by atoms with van der Waals surface area (Å²) in [5.41, 5.74) is 6.66. The van der Waals surface area contributed by atoms with Gasteiger partial charge in [-0.25, -0.2) is 4.98 Å². The Kier molecular flexibility index (Phi) is 7.91. The van der Waals surface area contributed by atoms with E-state index in [0.717, 1.165) is 64.1 Å². The molecule has 3 aromatic rings. The summed E-state index contributed by atoms with van der Waals surface area (Å²) in [6.45, 7) is 11.3. The van der Waals surface area contributed by atoms with Crippen LogP contribution in [0.1, 0.15) is 46.7 Å². The van der Waals surface area contributed by atoms with Gasteiger partial charge in [0, 0.05) is 41.3 Å². The highest BCUT2D eigenvalue weighted by Gasteiger charge is 2.26. The van der Waals surface area contributed by atoms with Crippen LogP contribution in [0.4, 0.5) is 5.69 Å². The van der Waals surface area contributed by atoms with E-state index in [-0.39, 0.29) is 11.8 Å². The van der Waals surface area contributed by atoms with E-state index in [9.17, 15) is 9.59 Å². The van der Waals surface area contributed by atoms with Crippen LogP contribution in [0.5, 0.6) is 0 Å². The van der Waals surface area contributed by atoms with Gasteiger partial charge in [0.1, 0.15) is 5.03 Å². The Balaban J connectivity index is 1.60. The number of H-pyrrole nitrogens is 1. The summed E-state index contributed by atoms with van der Waals surface area (Å²) in [4.78, 5) is 40.3. The number of carbonyl (C=O) groups excluding carboxylic acids is 2. The number of anilines is 1. The Morgan fingerprint density at radius 1 is 1.17 bits per heavy atom. The second-order valence-corrected chi connectivity index (χ2v) is 9.49. The molecule has 0 aliphatic carbocycles. The van der Waals surface area contributed by atoms with Crippen LogP contribution in [-0.4, -0.2) is 64.1 Å². The molecule has 2 aromatic heterocycles. The highest BCUT2D eigenvalue weighted by atomic mass is 32.2. The second-order valence-electron chi connectivity index (χ2n) is 8.66. The zero-order valence-electron chi connectivity index (χ0n) is 21.4. The average Bonchev–Trinajstić information content (AvgIpc) is 3.35. The lowest BCUT2D eigenvalue weighted by Crippen LogP contribution is -2.35. The fourth-order valence-electron chi connectivity index (χ4n) is 4.42. The Morgan fingerprint density at radius 3 is 2.61 bits per heavy atom. The molecule has 188 valence electrons. The molecule has 0 spiro atoms. The number of rotatable bonds is 9. The first kappa shape index (κ1) is 25.7. The van der Waals surface area contributed by atoms with Gasteiger partial charge in [0.15, 0.2) is 0 Å². The van der Waals surface area contributed by atoms with Crippen molar-refractivity contribution in [1.29, 1.82) is 0 Å². The van der Waals surface area contributed by atoms with Gasteiger partial charge in [0.05, 0.1) is 29.2 Å². The average molecular weight is 505 g/mol. The smallest absolute Gasteiger partial charge is 0.256 e. The van der Waals surface area contributed by atoms with Gasteiger partial charge in [-0.2, -0.15) is 0 Å². The standard InChI is InChI=1S/C27H32N6O2S/c1-6-33(7-2)11-10-28-27(35)25-16(3)22(31-17(25)4)13-20-19-12-18(8-9-21(19)32-26(20)34)23-14-30-24(36-5)15-29-23/h8-9,12-15,31H,6-7,10-11H2,1-5H3,(H,28,35)(H,32,34)/b20-13-. The lowest BCUT2D eigenvalue weighted by molar-refractivity contribution is -0.110. The minimum atomic E-state index is -0.178. The van der Waals surface area contributed by atoms with Crippen molar-refractivity contribution in [3.8, 4) is 11.3 Å². The molecule has 0 saturated carbocycles. The summed E-state index contributed by atoms with van der Waals surface area (Å²) in [7, 11) is 0. The predicted octanol–water partition coefficient (Wildman–Crippen LogP) is 4.37. The van der Waals surface area contributed by atoms with Gasteiger partial charge < -0.3 is 20.5 Å². The maximum Gasteiger partial charge on any atom is 0.256 e. The number of nitrogens with zero attached hydrogens (tertiary/aromatic N) is 3. The Hall–Kier alpha value is -3.43. The molecule has 4 rings (SSSR count). The number of hydrogen-bond acceptors (Lipinski definition) is 6. The normalized spacial score (nSPS) is 13.8. The molecule has 0 bridgehead atoms. The number of carbonyl (C=O) groups is 2. The molecule has 1 aliphatic heterocycles. The molecule has 0 atom stereocenters. The third kappa shape index (κ3) is 5.22. The lowest BCUT2D eigenvalue weighted by atomic mass is 10.0. The molecular weight excluding hydrogens is 472 g/mol. The van der Waals surface area contributed by atoms with Gasteiger partial charge in [-0.15, -0.1) is 11.8 Å². The van der Waals surface area contributed by atoms with Crippen LogP contribution in [-0.2, 0) is 4.79 Å². The van der Waals surface area contributed by atoms with Crippen molar-refractivity contribution in [3.63, 3.8) is 0 Å². The first-order chi connectivity index (χ1) is 17.4. The molecule has 3 N–H and O–H groups in total. The van der Waals surface area contributed by atoms with E-state index in [1.807, 2.05) is 44.4 Å². The van der Waals surface area contributed by atoms with Crippen molar-refractivity contribution in [2.24, 2.45) is 0 Å². The van der Waals surface area contributed by atoms with Gasteiger partial charge in [0.2, 0.25) is 0 Å². The van der Waals surface area contributed by atoms with Gasteiger partial charge in [0.25, 0.3) is 11.8 Å². The number of likely N-dealkylation sites (N-methyl/N-ethyl adjacent to an activating group) is 1. The highest BCUT2D eigenvalue weighted by molar-refractivity contribution is 7.98. The van der Waals surface area contributed by atoms with Crippen LogP contribution in [0.2, 0.25) is 0 Å².